The van der Waals surface area contributed by atoms with Crippen molar-refractivity contribution in [1.82, 2.24) is 9.62 Å². The molecule has 0 spiro atoms. The molecule has 1 fully saturated rings. The lowest BCUT2D eigenvalue weighted by Crippen LogP contribution is -2.40. The summed E-state index contributed by atoms with van der Waals surface area (Å²) in [5, 5.41) is 2.85. The number of carbonyl (C=O) groups excluding carboxylic acids is 1. The van der Waals surface area contributed by atoms with E-state index < -0.39 is 10.0 Å². The molecule has 3 rings (SSSR count). The molecular formula is C24H31N3O4S. The third-order valence-corrected chi connectivity index (χ3v) is 6.97. The van der Waals surface area contributed by atoms with Gasteiger partial charge in [-0.3, -0.25) is 4.79 Å². The number of nitrogens with zero attached hydrogens (tertiary/aromatic N) is 2. The highest BCUT2D eigenvalue weighted by Crippen LogP contribution is 2.18. The molecule has 1 heterocycles. The number of hydrogen-bond acceptors (Lipinski definition) is 5. The molecule has 0 radical (unpaired) electrons. The van der Waals surface area contributed by atoms with Gasteiger partial charge in [-0.15, -0.1) is 0 Å². The van der Waals surface area contributed by atoms with Crippen molar-refractivity contribution < 1.29 is 17.9 Å². The molecule has 0 atom stereocenters. The standard InChI is InChI=1S/C24H31N3O4S/c1-20(2)19-26(22-6-4-3-5-7-22)13-12-24(28)25-18-21-8-10-23(11-9-21)32(29,30)27-14-16-31-17-15-27/h3-13,20H,14-19H2,1-2H3,(H,25,28)/b13-12+. The fourth-order valence-electron chi connectivity index (χ4n) is 3.39. The first-order chi connectivity index (χ1) is 15.4. The van der Waals surface area contributed by atoms with Gasteiger partial charge in [0, 0.05) is 44.1 Å². The van der Waals surface area contributed by atoms with Gasteiger partial charge in [0.25, 0.3) is 0 Å². The maximum Gasteiger partial charge on any atom is 0.245 e. The van der Waals surface area contributed by atoms with E-state index in [1.165, 1.54) is 10.4 Å². The van der Waals surface area contributed by atoms with Crippen LogP contribution in [0.15, 0.2) is 71.8 Å². The summed E-state index contributed by atoms with van der Waals surface area (Å²) in [4.78, 5) is 14.6. The Kier molecular flexibility index (Phi) is 8.44. The Labute approximate surface area is 190 Å². The highest BCUT2D eigenvalue weighted by molar-refractivity contribution is 7.89. The lowest BCUT2D eigenvalue weighted by atomic mass is 10.2. The molecule has 0 unspecified atom stereocenters. The van der Waals surface area contributed by atoms with Crippen molar-refractivity contribution in [2.24, 2.45) is 5.92 Å². The summed E-state index contributed by atoms with van der Waals surface area (Å²) in [7, 11) is -3.52. The van der Waals surface area contributed by atoms with Crippen LogP contribution >= 0.6 is 0 Å². The van der Waals surface area contributed by atoms with Crippen LogP contribution < -0.4 is 10.2 Å². The van der Waals surface area contributed by atoms with Gasteiger partial charge < -0.3 is 15.0 Å². The van der Waals surface area contributed by atoms with Crippen molar-refractivity contribution in [2.75, 3.05) is 37.7 Å². The number of nitrogens with one attached hydrogen (secondary N) is 1. The van der Waals surface area contributed by atoms with E-state index in [0.29, 0.717) is 38.8 Å². The van der Waals surface area contributed by atoms with Gasteiger partial charge in [0.15, 0.2) is 0 Å². The third kappa shape index (κ3) is 6.66. The van der Waals surface area contributed by atoms with Crippen LogP contribution in [0, 0.1) is 5.92 Å². The van der Waals surface area contributed by atoms with Crippen LogP contribution in [0.2, 0.25) is 0 Å². The molecule has 1 N–H and O–H groups in total. The summed E-state index contributed by atoms with van der Waals surface area (Å²) < 4.78 is 32.1. The molecule has 8 heteroatoms. The van der Waals surface area contributed by atoms with E-state index in [2.05, 4.69) is 24.1 Å². The second-order valence-corrected chi connectivity index (χ2v) is 10.0. The van der Waals surface area contributed by atoms with Crippen LogP contribution in [-0.4, -0.2) is 51.5 Å². The summed E-state index contributed by atoms with van der Waals surface area (Å²) in [5.41, 5.74) is 1.86. The predicted molar refractivity (Wildman–Crippen MR) is 126 cm³/mol. The zero-order chi connectivity index (χ0) is 23.0. The summed E-state index contributed by atoms with van der Waals surface area (Å²) in [6, 6.07) is 16.6. The topological polar surface area (TPSA) is 79.0 Å². The largest absolute Gasteiger partial charge is 0.379 e. The van der Waals surface area contributed by atoms with Crippen molar-refractivity contribution >= 4 is 21.6 Å². The highest BCUT2D eigenvalue weighted by atomic mass is 32.2. The van der Waals surface area contributed by atoms with E-state index in [4.69, 9.17) is 4.74 Å². The second-order valence-electron chi connectivity index (χ2n) is 8.08. The van der Waals surface area contributed by atoms with E-state index in [-0.39, 0.29) is 10.8 Å². The number of hydrogen-bond donors (Lipinski definition) is 1. The van der Waals surface area contributed by atoms with Gasteiger partial charge in [-0.25, -0.2) is 8.42 Å². The van der Waals surface area contributed by atoms with E-state index >= 15 is 0 Å². The fourth-order valence-corrected chi connectivity index (χ4v) is 4.79. The predicted octanol–water partition coefficient (Wildman–Crippen LogP) is 3.00. The Morgan fingerprint density at radius 2 is 1.75 bits per heavy atom. The molecule has 0 saturated carbocycles. The van der Waals surface area contributed by atoms with Crippen molar-refractivity contribution in [3.63, 3.8) is 0 Å². The smallest absolute Gasteiger partial charge is 0.245 e. The number of morpholine rings is 1. The maximum atomic E-state index is 12.7. The molecular weight excluding hydrogens is 426 g/mol. The van der Waals surface area contributed by atoms with Crippen LogP contribution in [-0.2, 0) is 26.1 Å². The molecule has 1 amide bonds. The first-order valence-corrected chi connectivity index (χ1v) is 12.2. The molecule has 2 aromatic rings. The van der Waals surface area contributed by atoms with Crippen LogP contribution in [0.3, 0.4) is 0 Å². The molecule has 1 saturated heterocycles. The average Bonchev–Trinajstić information content (AvgIpc) is 2.81. The minimum absolute atomic E-state index is 0.209. The van der Waals surface area contributed by atoms with Crippen molar-refractivity contribution in [2.45, 2.75) is 25.3 Å². The van der Waals surface area contributed by atoms with Gasteiger partial charge in [0.1, 0.15) is 0 Å². The zero-order valence-corrected chi connectivity index (χ0v) is 19.4. The molecule has 2 aromatic carbocycles. The number of para-hydroxylation sites is 1. The summed E-state index contributed by atoms with van der Waals surface area (Å²) in [6.07, 6.45) is 3.31. The van der Waals surface area contributed by atoms with Gasteiger partial charge in [-0.1, -0.05) is 44.2 Å². The maximum absolute atomic E-state index is 12.7. The third-order valence-electron chi connectivity index (χ3n) is 5.05. The van der Waals surface area contributed by atoms with Crippen LogP contribution in [0.1, 0.15) is 19.4 Å². The van der Waals surface area contributed by atoms with Crippen LogP contribution in [0.5, 0.6) is 0 Å². The van der Waals surface area contributed by atoms with Gasteiger partial charge in [-0.05, 0) is 35.7 Å². The normalized spacial score (nSPS) is 15.2. The van der Waals surface area contributed by atoms with E-state index in [0.717, 1.165) is 17.8 Å². The molecule has 7 nitrogen and oxygen atoms in total. The molecule has 1 aliphatic rings. The van der Waals surface area contributed by atoms with E-state index in [9.17, 15) is 13.2 Å². The van der Waals surface area contributed by atoms with Crippen molar-refractivity contribution in [3.8, 4) is 0 Å². The molecule has 0 bridgehead atoms. The first-order valence-electron chi connectivity index (χ1n) is 10.8. The molecule has 1 aliphatic heterocycles. The number of carbonyl (C=O) groups is 1. The minimum Gasteiger partial charge on any atom is -0.379 e. The summed E-state index contributed by atoms with van der Waals surface area (Å²) in [6.45, 7) is 6.93. The Morgan fingerprint density at radius 1 is 1.09 bits per heavy atom. The SMILES string of the molecule is CC(C)CN(/C=C/C(=O)NCc1ccc(S(=O)(=O)N2CCOCC2)cc1)c1ccccc1. The number of rotatable bonds is 9. The minimum atomic E-state index is -3.52. The number of benzene rings is 2. The van der Waals surface area contributed by atoms with E-state index in [1.54, 1.807) is 30.5 Å². The van der Waals surface area contributed by atoms with Gasteiger partial charge in [0.2, 0.25) is 15.9 Å². The van der Waals surface area contributed by atoms with Gasteiger partial charge >= 0.3 is 0 Å². The Morgan fingerprint density at radius 3 is 2.38 bits per heavy atom. The van der Waals surface area contributed by atoms with Crippen LogP contribution in [0.25, 0.3) is 0 Å². The number of ether oxygens (including phenoxy) is 1. The summed E-state index contributed by atoms with van der Waals surface area (Å²) >= 11 is 0. The Hall–Kier alpha value is -2.68. The quantitative estimate of drug-likeness (QED) is 0.586. The number of amides is 1. The molecule has 0 aromatic heterocycles. The average molecular weight is 458 g/mol. The van der Waals surface area contributed by atoms with Gasteiger partial charge in [-0.2, -0.15) is 4.31 Å². The summed E-state index contributed by atoms with van der Waals surface area (Å²) in [5.74, 6) is 0.231. The molecule has 0 aliphatic carbocycles. The monoisotopic (exact) mass is 457 g/mol. The first kappa shape index (κ1) is 24.0. The molecule has 172 valence electrons. The zero-order valence-electron chi connectivity index (χ0n) is 18.6. The lowest BCUT2D eigenvalue weighted by molar-refractivity contribution is -0.116. The Balaban J connectivity index is 1.57. The molecule has 32 heavy (non-hydrogen) atoms. The number of sulfonamides is 1. The van der Waals surface area contributed by atoms with Crippen molar-refractivity contribution in [3.05, 3.63) is 72.4 Å². The fraction of sp³-hybridized carbons (Fsp3) is 0.375. The van der Waals surface area contributed by atoms with E-state index in [1.807, 2.05) is 30.3 Å². The lowest BCUT2D eigenvalue weighted by Gasteiger charge is -2.26. The van der Waals surface area contributed by atoms with Gasteiger partial charge in [0.05, 0.1) is 18.1 Å². The number of anilines is 1. The van der Waals surface area contributed by atoms with Crippen molar-refractivity contribution in [1.29, 1.82) is 0 Å². The highest BCUT2D eigenvalue weighted by Gasteiger charge is 2.26. The van der Waals surface area contributed by atoms with Crippen LogP contribution in [0.4, 0.5) is 5.69 Å². The second kappa shape index (κ2) is 11.3. The Bertz CT molecular complexity index is 999.